The van der Waals surface area contributed by atoms with E-state index in [2.05, 4.69) is 18.6 Å². The second-order valence-electron chi connectivity index (χ2n) is 3.88. The van der Waals surface area contributed by atoms with Crippen molar-refractivity contribution in [3.8, 4) is 0 Å². The molecular weight excluding hydrogens is 190 g/mol. The van der Waals surface area contributed by atoms with Crippen LogP contribution < -0.4 is 5.73 Å². The number of ether oxygens (including phenoxy) is 1. The lowest BCUT2D eigenvalue weighted by Crippen LogP contribution is -2.16. The molecule has 1 aromatic rings. The summed E-state index contributed by atoms with van der Waals surface area (Å²) in [6.07, 6.45) is 0. The molecule has 1 atom stereocenters. The van der Waals surface area contributed by atoms with Gasteiger partial charge in [0.15, 0.2) is 0 Å². The van der Waals surface area contributed by atoms with Gasteiger partial charge in [-0.1, -0.05) is 26.0 Å². The highest BCUT2D eigenvalue weighted by atomic mass is 16.5. The minimum atomic E-state index is -0.320. The van der Waals surface area contributed by atoms with Crippen molar-refractivity contribution in [1.82, 2.24) is 0 Å². The van der Waals surface area contributed by atoms with Crippen molar-refractivity contribution in [3.63, 3.8) is 0 Å². The molecule has 1 rings (SSSR count). The smallest absolute Gasteiger partial charge is 0.337 e. The van der Waals surface area contributed by atoms with Crippen molar-refractivity contribution in [2.45, 2.75) is 19.9 Å². The Morgan fingerprint density at radius 1 is 1.27 bits per heavy atom. The van der Waals surface area contributed by atoms with Crippen LogP contribution in [0.4, 0.5) is 0 Å². The van der Waals surface area contributed by atoms with Gasteiger partial charge < -0.3 is 10.5 Å². The zero-order chi connectivity index (χ0) is 11.4. The van der Waals surface area contributed by atoms with Crippen molar-refractivity contribution in [2.75, 3.05) is 7.11 Å². The van der Waals surface area contributed by atoms with Crippen LogP contribution in [-0.4, -0.2) is 13.1 Å². The molecule has 0 bridgehead atoms. The molecule has 0 saturated carbocycles. The highest BCUT2D eigenvalue weighted by Gasteiger charge is 2.11. The van der Waals surface area contributed by atoms with Crippen LogP contribution >= 0.6 is 0 Å². The minimum Gasteiger partial charge on any atom is -0.465 e. The van der Waals surface area contributed by atoms with Gasteiger partial charge >= 0.3 is 5.97 Å². The Balaban J connectivity index is 2.85. The molecule has 0 spiro atoms. The third-order valence-electron chi connectivity index (χ3n) is 2.43. The van der Waals surface area contributed by atoms with Crippen molar-refractivity contribution in [1.29, 1.82) is 0 Å². The first-order chi connectivity index (χ1) is 7.06. The number of hydrogen-bond donors (Lipinski definition) is 1. The molecule has 0 aliphatic carbocycles. The van der Waals surface area contributed by atoms with E-state index < -0.39 is 0 Å². The van der Waals surface area contributed by atoms with E-state index in [1.807, 2.05) is 12.1 Å². The largest absolute Gasteiger partial charge is 0.465 e. The van der Waals surface area contributed by atoms with Crippen molar-refractivity contribution in [3.05, 3.63) is 35.4 Å². The molecule has 0 heterocycles. The van der Waals surface area contributed by atoms with E-state index in [9.17, 15) is 4.79 Å². The third-order valence-corrected chi connectivity index (χ3v) is 2.43. The van der Waals surface area contributed by atoms with Gasteiger partial charge in [-0.25, -0.2) is 4.79 Å². The van der Waals surface area contributed by atoms with Gasteiger partial charge in [0.1, 0.15) is 0 Å². The molecular formula is C12H17NO2. The van der Waals surface area contributed by atoms with Crippen LogP contribution in [0.15, 0.2) is 24.3 Å². The Morgan fingerprint density at radius 2 is 1.80 bits per heavy atom. The van der Waals surface area contributed by atoms with E-state index in [0.29, 0.717) is 11.5 Å². The molecule has 0 radical (unpaired) electrons. The Labute approximate surface area is 90.2 Å². The highest BCUT2D eigenvalue weighted by Crippen LogP contribution is 2.19. The van der Waals surface area contributed by atoms with Crippen LogP contribution in [0, 0.1) is 5.92 Å². The van der Waals surface area contributed by atoms with E-state index in [0.717, 1.165) is 5.56 Å². The minimum absolute atomic E-state index is 0.0108. The van der Waals surface area contributed by atoms with E-state index in [4.69, 9.17) is 5.73 Å². The van der Waals surface area contributed by atoms with Gasteiger partial charge in [0.25, 0.3) is 0 Å². The molecule has 3 heteroatoms. The van der Waals surface area contributed by atoms with E-state index >= 15 is 0 Å². The summed E-state index contributed by atoms with van der Waals surface area (Å²) in [5.74, 6) is 0.0636. The summed E-state index contributed by atoms with van der Waals surface area (Å²) in [4.78, 5) is 11.2. The van der Waals surface area contributed by atoms with Gasteiger partial charge in [-0.3, -0.25) is 0 Å². The molecule has 15 heavy (non-hydrogen) atoms. The molecule has 0 amide bonds. The van der Waals surface area contributed by atoms with Gasteiger partial charge in [-0.15, -0.1) is 0 Å². The Kier molecular flexibility index (Phi) is 3.86. The summed E-state index contributed by atoms with van der Waals surface area (Å²) >= 11 is 0. The molecule has 0 aliphatic heterocycles. The van der Waals surface area contributed by atoms with Gasteiger partial charge in [0.2, 0.25) is 0 Å². The van der Waals surface area contributed by atoms with Crippen LogP contribution in [0.1, 0.15) is 35.8 Å². The average Bonchev–Trinajstić information content (AvgIpc) is 2.27. The lowest BCUT2D eigenvalue weighted by atomic mass is 9.96. The second-order valence-corrected chi connectivity index (χ2v) is 3.88. The number of carbonyl (C=O) groups excluding carboxylic acids is 1. The maximum Gasteiger partial charge on any atom is 0.337 e. The zero-order valence-electron chi connectivity index (χ0n) is 9.36. The van der Waals surface area contributed by atoms with Crippen LogP contribution in [0.2, 0.25) is 0 Å². The van der Waals surface area contributed by atoms with Gasteiger partial charge in [-0.05, 0) is 23.6 Å². The topological polar surface area (TPSA) is 52.3 Å². The fourth-order valence-corrected chi connectivity index (χ4v) is 1.34. The van der Waals surface area contributed by atoms with E-state index in [1.54, 1.807) is 12.1 Å². The summed E-state index contributed by atoms with van der Waals surface area (Å²) in [5.41, 5.74) is 7.57. The molecule has 2 N–H and O–H groups in total. The molecule has 0 fully saturated rings. The van der Waals surface area contributed by atoms with Crippen LogP contribution in [-0.2, 0) is 4.74 Å². The lowest BCUT2D eigenvalue weighted by Gasteiger charge is -2.15. The zero-order valence-corrected chi connectivity index (χ0v) is 9.36. The summed E-state index contributed by atoms with van der Waals surface area (Å²) in [5, 5.41) is 0. The SMILES string of the molecule is COC(=O)c1ccc([C@@H](N)C(C)C)cc1. The predicted octanol–water partition coefficient (Wildman–Crippen LogP) is 2.13. The molecule has 0 aromatic heterocycles. The summed E-state index contributed by atoms with van der Waals surface area (Å²) in [6.45, 7) is 4.14. The lowest BCUT2D eigenvalue weighted by molar-refractivity contribution is 0.0600. The van der Waals surface area contributed by atoms with Gasteiger partial charge in [-0.2, -0.15) is 0 Å². The van der Waals surface area contributed by atoms with Crippen LogP contribution in [0.3, 0.4) is 0 Å². The third kappa shape index (κ3) is 2.80. The quantitative estimate of drug-likeness (QED) is 0.772. The second kappa shape index (κ2) is 4.94. The number of nitrogens with two attached hydrogens (primary N) is 1. The highest BCUT2D eigenvalue weighted by molar-refractivity contribution is 5.89. The molecule has 0 aliphatic rings. The standard InChI is InChI=1S/C12H17NO2/c1-8(2)11(13)9-4-6-10(7-5-9)12(14)15-3/h4-8,11H,13H2,1-3H3/t11-/m0/s1. The summed E-state index contributed by atoms with van der Waals surface area (Å²) in [6, 6.07) is 7.23. The molecule has 82 valence electrons. The molecule has 3 nitrogen and oxygen atoms in total. The Morgan fingerprint density at radius 3 is 2.20 bits per heavy atom. The van der Waals surface area contributed by atoms with E-state index in [-0.39, 0.29) is 12.0 Å². The van der Waals surface area contributed by atoms with Gasteiger partial charge in [0, 0.05) is 6.04 Å². The number of benzene rings is 1. The number of esters is 1. The first-order valence-corrected chi connectivity index (χ1v) is 5.00. The van der Waals surface area contributed by atoms with Crippen molar-refractivity contribution < 1.29 is 9.53 Å². The van der Waals surface area contributed by atoms with E-state index in [1.165, 1.54) is 7.11 Å². The fourth-order valence-electron chi connectivity index (χ4n) is 1.34. The normalized spacial score (nSPS) is 12.6. The Hall–Kier alpha value is -1.35. The van der Waals surface area contributed by atoms with Gasteiger partial charge in [0.05, 0.1) is 12.7 Å². The van der Waals surface area contributed by atoms with Crippen LogP contribution in [0.5, 0.6) is 0 Å². The molecule has 1 aromatic carbocycles. The fraction of sp³-hybridized carbons (Fsp3) is 0.417. The number of methoxy groups -OCH3 is 1. The molecule has 0 unspecified atom stereocenters. The number of rotatable bonds is 3. The summed E-state index contributed by atoms with van der Waals surface area (Å²) in [7, 11) is 1.37. The number of hydrogen-bond acceptors (Lipinski definition) is 3. The van der Waals surface area contributed by atoms with Crippen molar-refractivity contribution >= 4 is 5.97 Å². The maximum atomic E-state index is 11.2. The Bertz CT molecular complexity index is 330. The molecule has 0 saturated heterocycles. The first kappa shape index (κ1) is 11.7. The average molecular weight is 207 g/mol. The van der Waals surface area contributed by atoms with Crippen molar-refractivity contribution in [2.24, 2.45) is 11.7 Å². The van der Waals surface area contributed by atoms with Crippen LogP contribution in [0.25, 0.3) is 0 Å². The predicted molar refractivity (Wildman–Crippen MR) is 59.5 cm³/mol. The number of carbonyl (C=O) groups is 1. The maximum absolute atomic E-state index is 11.2. The monoisotopic (exact) mass is 207 g/mol. The first-order valence-electron chi connectivity index (χ1n) is 5.00. The summed E-state index contributed by atoms with van der Waals surface area (Å²) < 4.78 is 4.61.